The van der Waals surface area contributed by atoms with Gasteiger partial charge in [0.1, 0.15) is 5.75 Å². The summed E-state index contributed by atoms with van der Waals surface area (Å²) in [5, 5.41) is 8.91. The number of rotatable bonds is 1. The molecule has 0 saturated carbocycles. The average Bonchev–Trinajstić information content (AvgIpc) is 2.43. The molecule has 2 rings (SSSR count). The van der Waals surface area contributed by atoms with Crippen LogP contribution in [0, 0.1) is 13.8 Å². The second-order valence-electron chi connectivity index (χ2n) is 4.07. The van der Waals surface area contributed by atoms with Gasteiger partial charge in [0, 0.05) is 8.30 Å². The molecule has 0 saturated heterocycles. The Morgan fingerprint density at radius 1 is 1.42 bits per heavy atom. The molecule has 1 aliphatic heterocycles. The highest BCUT2D eigenvalue weighted by Crippen LogP contribution is 2.39. The number of hydrogen-bond donors (Lipinski definition) is 1. The van der Waals surface area contributed by atoms with Crippen molar-refractivity contribution < 1.29 is 30.6 Å². The van der Waals surface area contributed by atoms with E-state index in [1.165, 1.54) is 12.1 Å². The van der Waals surface area contributed by atoms with Gasteiger partial charge in [-0.25, -0.2) is 4.79 Å². The Hall–Kier alpha value is -1.98. The third-order valence-corrected chi connectivity index (χ3v) is 2.76. The SMILES string of the molecule is [2H]Cc1ccc2c(c1C[2H])OC(C(F)(F)F)C(C(=O)O)=C2. The topological polar surface area (TPSA) is 46.5 Å². The van der Waals surface area contributed by atoms with Crippen LogP contribution in [0.25, 0.3) is 6.08 Å². The summed E-state index contributed by atoms with van der Waals surface area (Å²) in [5.41, 5.74) is -0.161. The van der Waals surface area contributed by atoms with Gasteiger partial charge in [-0.1, -0.05) is 12.1 Å². The van der Waals surface area contributed by atoms with Gasteiger partial charge in [0.05, 0.1) is 5.57 Å². The molecule has 1 N–H and O–H groups in total. The molecule has 0 aromatic heterocycles. The summed E-state index contributed by atoms with van der Waals surface area (Å²) in [6.07, 6.45) is -6.54. The van der Waals surface area contributed by atoms with Crippen molar-refractivity contribution in [2.24, 2.45) is 0 Å². The Bertz CT molecular complexity index is 611. The molecule has 1 atom stereocenters. The first-order chi connectivity index (χ1) is 9.79. The second-order valence-corrected chi connectivity index (χ2v) is 4.07. The Labute approximate surface area is 110 Å². The summed E-state index contributed by atoms with van der Waals surface area (Å²) in [4.78, 5) is 11.0. The summed E-state index contributed by atoms with van der Waals surface area (Å²) in [7, 11) is 0. The molecule has 0 fully saturated rings. The van der Waals surface area contributed by atoms with Crippen LogP contribution in [0.1, 0.15) is 19.4 Å². The third-order valence-electron chi connectivity index (χ3n) is 2.76. The predicted octanol–water partition coefficient (Wildman–Crippen LogP) is 3.09. The number of halogens is 3. The molecule has 0 spiro atoms. The summed E-state index contributed by atoms with van der Waals surface area (Å²) in [5.74, 6) is -1.87. The monoisotopic (exact) mass is 274 g/mol. The zero-order valence-corrected chi connectivity index (χ0v) is 9.62. The van der Waals surface area contributed by atoms with Gasteiger partial charge in [0.25, 0.3) is 0 Å². The van der Waals surface area contributed by atoms with Gasteiger partial charge in [-0.3, -0.25) is 0 Å². The van der Waals surface area contributed by atoms with E-state index in [4.69, 9.17) is 12.6 Å². The largest absolute Gasteiger partial charge is 0.478 e. The molecule has 0 aliphatic carbocycles. The van der Waals surface area contributed by atoms with E-state index >= 15 is 0 Å². The zero-order valence-electron chi connectivity index (χ0n) is 11.6. The van der Waals surface area contributed by atoms with Crippen molar-refractivity contribution in [3.05, 3.63) is 34.4 Å². The molecular weight excluding hydrogens is 261 g/mol. The standard InChI is InChI=1S/C13H11F3O3/c1-6-3-4-8-5-9(12(17)18)11(13(14,15)16)19-10(8)7(6)2/h3-5,11H,1-2H3,(H,17,18)/i1D,2D. The quantitative estimate of drug-likeness (QED) is 0.856. The highest BCUT2D eigenvalue weighted by atomic mass is 19.4. The summed E-state index contributed by atoms with van der Waals surface area (Å²) < 4.78 is 58.4. The number of carboxylic acids is 1. The minimum Gasteiger partial charge on any atom is -0.478 e. The smallest absolute Gasteiger partial charge is 0.430 e. The molecule has 0 radical (unpaired) electrons. The maximum Gasteiger partial charge on any atom is 0.430 e. The fourth-order valence-corrected chi connectivity index (χ4v) is 1.78. The maximum atomic E-state index is 13.0. The van der Waals surface area contributed by atoms with Crippen molar-refractivity contribution in [2.75, 3.05) is 0 Å². The lowest BCUT2D eigenvalue weighted by Gasteiger charge is -2.28. The lowest BCUT2D eigenvalue weighted by Crippen LogP contribution is -2.40. The summed E-state index contributed by atoms with van der Waals surface area (Å²) in [6.45, 7) is -0.546. The molecule has 1 heterocycles. The van der Waals surface area contributed by atoms with E-state index in [-0.39, 0.29) is 30.7 Å². The fraction of sp³-hybridized carbons (Fsp3) is 0.308. The molecule has 3 nitrogen and oxygen atoms in total. The van der Waals surface area contributed by atoms with Crippen molar-refractivity contribution in [1.29, 1.82) is 0 Å². The molecule has 19 heavy (non-hydrogen) atoms. The van der Waals surface area contributed by atoms with E-state index in [1.807, 2.05) is 0 Å². The number of aryl methyl sites for hydroxylation is 1. The number of carbonyl (C=O) groups is 1. The van der Waals surface area contributed by atoms with E-state index < -0.39 is 23.8 Å². The normalized spacial score (nSPS) is 19.7. The average molecular weight is 274 g/mol. The number of carboxylic acid groups (broad SMARTS) is 1. The van der Waals surface area contributed by atoms with Crippen molar-refractivity contribution in [1.82, 2.24) is 0 Å². The highest BCUT2D eigenvalue weighted by Gasteiger charge is 2.48. The molecule has 102 valence electrons. The van der Waals surface area contributed by atoms with Crippen LogP contribution in [0.15, 0.2) is 17.7 Å². The van der Waals surface area contributed by atoms with E-state index in [1.54, 1.807) is 0 Å². The molecule has 0 amide bonds. The molecule has 1 unspecified atom stereocenters. The summed E-state index contributed by atoms with van der Waals surface area (Å²) >= 11 is 0. The number of fused-ring (bicyclic) bond motifs is 1. The van der Waals surface area contributed by atoms with Gasteiger partial charge < -0.3 is 9.84 Å². The lowest BCUT2D eigenvalue weighted by molar-refractivity contribution is -0.187. The third kappa shape index (κ3) is 2.30. The van der Waals surface area contributed by atoms with E-state index in [9.17, 15) is 18.0 Å². The van der Waals surface area contributed by atoms with Crippen molar-refractivity contribution >= 4 is 12.0 Å². The van der Waals surface area contributed by atoms with Crippen LogP contribution in [-0.2, 0) is 4.79 Å². The van der Waals surface area contributed by atoms with E-state index in [2.05, 4.69) is 0 Å². The van der Waals surface area contributed by atoms with Crippen LogP contribution in [0.4, 0.5) is 13.2 Å². The van der Waals surface area contributed by atoms with Crippen LogP contribution in [0.3, 0.4) is 0 Å². The molecule has 1 aromatic carbocycles. The first kappa shape index (κ1) is 10.9. The van der Waals surface area contributed by atoms with Crippen molar-refractivity contribution in [2.45, 2.75) is 26.1 Å². The first-order valence-corrected chi connectivity index (χ1v) is 5.21. The molecule has 1 aromatic rings. The second kappa shape index (κ2) is 4.29. The Morgan fingerprint density at radius 3 is 2.68 bits per heavy atom. The fourth-order valence-electron chi connectivity index (χ4n) is 1.78. The van der Waals surface area contributed by atoms with Gasteiger partial charge in [-0.05, 0) is 31.0 Å². The highest BCUT2D eigenvalue weighted by molar-refractivity contribution is 5.95. The molecule has 6 heteroatoms. The van der Waals surface area contributed by atoms with Gasteiger partial charge >= 0.3 is 12.1 Å². The molecular formula is C13H11F3O3. The molecule has 0 bridgehead atoms. The zero-order chi connectivity index (χ0) is 15.8. The van der Waals surface area contributed by atoms with Crippen molar-refractivity contribution in [3.63, 3.8) is 0 Å². The number of benzene rings is 1. The van der Waals surface area contributed by atoms with Crippen LogP contribution in [0.5, 0.6) is 5.75 Å². The van der Waals surface area contributed by atoms with Crippen LogP contribution < -0.4 is 4.74 Å². The Morgan fingerprint density at radius 2 is 2.16 bits per heavy atom. The molecule has 1 aliphatic rings. The van der Waals surface area contributed by atoms with E-state index in [0.29, 0.717) is 5.56 Å². The predicted molar refractivity (Wildman–Crippen MR) is 62.0 cm³/mol. The number of hydrogen-bond acceptors (Lipinski definition) is 2. The minimum atomic E-state index is -4.88. The van der Waals surface area contributed by atoms with Gasteiger partial charge in [-0.15, -0.1) is 0 Å². The Kier molecular flexibility index (Phi) is 2.46. The summed E-state index contributed by atoms with van der Waals surface area (Å²) in [6, 6.07) is 2.89. The minimum absolute atomic E-state index is 0.165. The maximum absolute atomic E-state index is 13.0. The van der Waals surface area contributed by atoms with E-state index in [0.717, 1.165) is 6.08 Å². The Balaban J connectivity index is 2.63. The number of aliphatic carboxylic acids is 1. The number of alkyl halides is 3. The van der Waals surface area contributed by atoms with Crippen molar-refractivity contribution in [3.8, 4) is 5.75 Å². The van der Waals surface area contributed by atoms with Gasteiger partial charge in [0.2, 0.25) is 6.10 Å². The van der Waals surface area contributed by atoms with Crippen LogP contribution in [-0.4, -0.2) is 23.4 Å². The first-order valence-electron chi connectivity index (χ1n) is 6.62. The van der Waals surface area contributed by atoms with Crippen LogP contribution >= 0.6 is 0 Å². The number of ether oxygens (including phenoxy) is 1. The van der Waals surface area contributed by atoms with Gasteiger partial charge in [-0.2, -0.15) is 13.2 Å². The van der Waals surface area contributed by atoms with Crippen LogP contribution in [0.2, 0.25) is 0 Å². The lowest BCUT2D eigenvalue weighted by atomic mass is 9.97. The van der Waals surface area contributed by atoms with Gasteiger partial charge in [0.15, 0.2) is 0 Å².